The molecule has 5 nitrogen and oxygen atoms in total. The Hall–Kier alpha value is -2.56. The van der Waals surface area contributed by atoms with Crippen LogP contribution in [0.2, 0.25) is 0 Å². The second-order valence-corrected chi connectivity index (χ2v) is 5.09. The first-order valence-corrected chi connectivity index (χ1v) is 7.07. The first kappa shape index (κ1) is 13.4. The zero-order chi connectivity index (χ0) is 14.8. The number of aromatic nitrogens is 4. The highest BCUT2D eigenvalue weighted by molar-refractivity contribution is 5.70. The lowest BCUT2D eigenvalue weighted by Gasteiger charge is -2.08. The molecule has 0 unspecified atom stereocenters. The van der Waals surface area contributed by atoms with Gasteiger partial charge in [-0.15, -0.1) is 0 Å². The number of aryl methyl sites for hydroxylation is 2. The predicted octanol–water partition coefficient (Wildman–Crippen LogP) is 2.48. The molecule has 0 aliphatic heterocycles. The van der Waals surface area contributed by atoms with E-state index >= 15 is 0 Å². The molecule has 2 heterocycles. The molecule has 0 aliphatic rings. The zero-order valence-electron chi connectivity index (χ0n) is 12.3. The molecule has 1 aromatic carbocycles. The Bertz CT molecular complexity index is 739. The van der Waals surface area contributed by atoms with Crippen molar-refractivity contribution in [2.45, 2.75) is 19.9 Å². The van der Waals surface area contributed by atoms with Crippen LogP contribution in [0.15, 0.2) is 42.7 Å². The molecular formula is C16H19N5. The van der Waals surface area contributed by atoms with E-state index in [1.807, 2.05) is 31.4 Å². The lowest BCUT2D eigenvalue weighted by molar-refractivity contribution is 0.740. The van der Waals surface area contributed by atoms with Crippen LogP contribution in [0, 0.1) is 0 Å². The maximum atomic E-state index is 6.33. The maximum Gasteiger partial charge on any atom is 0.132 e. The molecule has 0 aliphatic carbocycles. The van der Waals surface area contributed by atoms with E-state index in [4.69, 9.17) is 10.7 Å². The van der Waals surface area contributed by atoms with Gasteiger partial charge in [-0.25, -0.2) is 4.98 Å². The fourth-order valence-corrected chi connectivity index (χ4v) is 2.48. The van der Waals surface area contributed by atoms with Crippen LogP contribution < -0.4 is 5.73 Å². The number of anilines is 1. The summed E-state index contributed by atoms with van der Waals surface area (Å²) < 4.78 is 3.84. The van der Waals surface area contributed by atoms with E-state index in [2.05, 4.69) is 28.7 Å². The molecule has 0 saturated heterocycles. The van der Waals surface area contributed by atoms with Crippen molar-refractivity contribution in [1.82, 2.24) is 19.3 Å². The summed E-state index contributed by atoms with van der Waals surface area (Å²) in [5, 5.41) is 4.19. The van der Waals surface area contributed by atoms with E-state index in [1.54, 1.807) is 10.9 Å². The van der Waals surface area contributed by atoms with E-state index in [9.17, 15) is 0 Å². The number of imidazole rings is 1. The third-order valence-electron chi connectivity index (χ3n) is 3.56. The minimum absolute atomic E-state index is 0.698. The van der Waals surface area contributed by atoms with Gasteiger partial charge in [0.1, 0.15) is 17.3 Å². The van der Waals surface area contributed by atoms with Crippen LogP contribution >= 0.6 is 0 Å². The molecule has 2 aromatic heterocycles. The molecule has 5 heteroatoms. The van der Waals surface area contributed by atoms with Gasteiger partial charge in [-0.05, 0) is 5.56 Å². The number of rotatable bonds is 4. The molecule has 0 bridgehead atoms. The number of hydrogen-bond donors (Lipinski definition) is 1. The average Bonchev–Trinajstić information content (AvgIpc) is 3.05. The van der Waals surface area contributed by atoms with Gasteiger partial charge in [-0.3, -0.25) is 4.68 Å². The van der Waals surface area contributed by atoms with Crippen LogP contribution in [0.1, 0.15) is 18.3 Å². The van der Waals surface area contributed by atoms with Crippen molar-refractivity contribution in [3.8, 4) is 11.3 Å². The van der Waals surface area contributed by atoms with Crippen molar-refractivity contribution >= 4 is 5.82 Å². The predicted molar refractivity (Wildman–Crippen MR) is 83.8 cm³/mol. The fraction of sp³-hybridized carbons (Fsp3) is 0.250. The summed E-state index contributed by atoms with van der Waals surface area (Å²) in [6.07, 6.45) is 4.58. The molecule has 21 heavy (non-hydrogen) atoms. The van der Waals surface area contributed by atoms with Gasteiger partial charge < -0.3 is 10.3 Å². The zero-order valence-corrected chi connectivity index (χ0v) is 12.3. The quantitative estimate of drug-likeness (QED) is 0.799. The minimum Gasteiger partial charge on any atom is -0.383 e. The summed E-state index contributed by atoms with van der Waals surface area (Å²) in [6.45, 7) is 2.83. The van der Waals surface area contributed by atoms with Gasteiger partial charge in [-0.1, -0.05) is 37.3 Å². The molecule has 0 spiro atoms. The van der Waals surface area contributed by atoms with Crippen molar-refractivity contribution in [2.24, 2.45) is 7.05 Å². The Morgan fingerprint density at radius 2 is 1.95 bits per heavy atom. The van der Waals surface area contributed by atoms with E-state index in [1.165, 1.54) is 5.56 Å². The van der Waals surface area contributed by atoms with Crippen LogP contribution in [0.5, 0.6) is 0 Å². The largest absolute Gasteiger partial charge is 0.383 e. The van der Waals surface area contributed by atoms with Gasteiger partial charge in [0.05, 0.1) is 12.7 Å². The summed E-state index contributed by atoms with van der Waals surface area (Å²) in [6, 6.07) is 10.3. The smallest absolute Gasteiger partial charge is 0.132 e. The third kappa shape index (κ3) is 2.54. The van der Waals surface area contributed by atoms with Crippen LogP contribution in [0.4, 0.5) is 5.82 Å². The Kier molecular flexibility index (Phi) is 3.48. The van der Waals surface area contributed by atoms with Crippen LogP contribution in [-0.4, -0.2) is 19.3 Å². The van der Waals surface area contributed by atoms with Gasteiger partial charge in [0.15, 0.2) is 0 Å². The number of nitrogens with zero attached hydrogens (tertiary/aromatic N) is 4. The molecule has 3 rings (SSSR count). The lowest BCUT2D eigenvalue weighted by atomic mass is 10.2. The highest BCUT2D eigenvalue weighted by atomic mass is 15.2. The summed E-state index contributed by atoms with van der Waals surface area (Å²) in [4.78, 5) is 4.69. The maximum absolute atomic E-state index is 6.33. The van der Waals surface area contributed by atoms with Crippen LogP contribution in [0.25, 0.3) is 11.3 Å². The third-order valence-corrected chi connectivity index (χ3v) is 3.56. The first-order chi connectivity index (χ1) is 10.2. The summed E-state index contributed by atoms with van der Waals surface area (Å²) in [5.74, 6) is 1.69. The van der Waals surface area contributed by atoms with Crippen LogP contribution in [-0.2, 0) is 20.0 Å². The van der Waals surface area contributed by atoms with Crippen LogP contribution in [0.3, 0.4) is 0 Å². The molecule has 0 saturated carbocycles. The van der Waals surface area contributed by atoms with Crippen molar-refractivity contribution in [2.75, 3.05) is 5.73 Å². The van der Waals surface area contributed by atoms with Crippen molar-refractivity contribution < 1.29 is 0 Å². The molecular weight excluding hydrogens is 262 g/mol. The molecule has 0 atom stereocenters. The average molecular weight is 281 g/mol. The number of nitrogen functional groups attached to an aromatic ring is 1. The molecule has 0 amide bonds. The van der Waals surface area contributed by atoms with Gasteiger partial charge >= 0.3 is 0 Å². The highest BCUT2D eigenvalue weighted by Crippen LogP contribution is 2.27. The monoisotopic (exact) mass is 281 g/mol. The highest BCUT2D eigenvalue weighted by Gasteiger charge is 2.16. The van der Waals surface area contributed by atoms with Crippen molar-refractivity contribution in [3.05, 3.63) is 54.1 Å². The fourth-order valence-electron chi connectivity index (χ4n) is 2.48. The molecule has 3 aromatic rings. The summed E-state index contributed by atoms with van der Waals surface area (Å²) >= 11 is 0. The standard InChI is InChI=1S/C16H19N5/c1-3-14-19-15(13-9-18-20(2)11-13)16(17)21(14)10-12-7-5-4-6-8-12/h4-9,11H,3,10,17H2,1-2H3. The molecule has 0 radical (unpaired) electrons. The first-order valence-electron chi connectivity index (χ1n) is 7.07. The Morgan fingerprint density at radius 3 is 2.57 bits per heavy atom. The molecule has 108 valence electrons. The second kappa shape index (κ2) is 5.44. The SMILES string of the molecule is CCc1nc(-c2cnn(C)c2)c(N)n1Cc1ccccc1. The number of hydrogen-bond acceptors (Lipinski definition) is 3. The van der Waals surface area contributed by atoms with Gasteiger partial charge in [0, 0.05) is 25.2 Å². The number of benzene rings is 1. The van der Waals surface area contributed by atoms with Gasteiger partial charge in [0.2, 0.25) is 0 Å². The topological polar surface area (TPSA) is 61.7 Å². The number of nitrogens with two attached hydrogens (primary N) is 1. The van der Waals surface area contributed by atoms with Gasteiger partial charge in [-0.2, -0.15) is 5.10 Å². The Labute approximate surface area is 124 Å². The minimum atomic E-state index is 0.698. The Balaban J connectivity index is 2.02. The van der Waals surface area contributed by atoms with E-state index < -0.39 is 0 Å². The normalized spacial score (nSPS) is 11.0. The second-order valence-electron chi connectivity index (χ2n) is 5.09. The van der Waals surface area contributed by atoms with E-state index in [-0.39, 0.29) is 0 Å². The lowest BCUT2D eigenvalue weighted by Crippen LogP contribution is -2.07. The van der Waals surface area contributed by atoms with E-state index in [0.717, 1.165) is 30.0 Å². The molecule has 2 N–H and O–H groups in total. The summed E-state index contributed by atoms with van der Waals surface area (Å²) in [7, 11) is 1.89. The van der Waals surface area contributed by atoms with Gasteiger partial charge in [0.25, 0.3) is 0 Å². The van der Waals surface area contributed by atoms with Crippen molar-refractivity contribution in [1.29, 1.82) is 0 Å². The van der Waals surface area contributed by atoms with Crippen molar-refractivity contribution in [3.63, 3.8) is 0 Å². The molecule has 0 fully saturated rings. The Morgan fingerprint density at radius 1 is 1.19 bits per heavy atom. The summed E-state index contributed by atoms with van der Waals surface area (Å²) in [5.41, 5.74) is 9.32. The van der Waals surface area contributed by atoms with E-state index in [0.29, 0.717) is 5.82 Å².